The molecule has 1 rings (SSSR count). The summed E-state index contributed by atoms with van der Waals surface area (Å²) in [6.07, 6.45) is 0. The minimum Gasteiger partial charge on any atom is -0.389 e. The van der Waals surface area contributed by atoms with Gasteiger partial charge in [0.25, 0.3) is 10.2 Å². The number of thiocarbonyl (C=S) groups is 1. The number of aryl methyl sites for hydroxylation is 1. The van der Waals surface area contributed by atoms with Crippen LogP contribution in [-0.4, -0.2) is 20.5 Å². The van der Waals surface area contributed by atoms with Gasteiger partial charge in [-0.2, -0.15) is 8.42 Å². The van der Waals surface area contributed by atoms with Crippen LogP contribution >= 0.6 is 12.2 Å². The van der Waals surface area contributed by atoms with Crippen molar-refractivity contribution in [2.75, 3.05) is 11.8 Å². The topological polar surface area (TPSA) is 84.2 Å². The predicted octanol–water partition coefficient (Wildman–Crippen LogP) is 0.505. The molecule has 4 N–H and O–H groups in total. The van der Waals surface area contributed by atoms with Crippen molar-refractivity contribution in [3.8, 4) is 0 Å². The lowest BCUT2D eigenvalue weighted by Gasteiger charge is -2.12. The predicted molar refractivity (Wildman–Crippen MR) is 68.7 cm³/mol. The number of rotatable bonds is 4. The molecule has 0 amide bonds. The van der Waals surface area contributed by atoms with Crippen molar-refractivity contribution < 1.29 is 8.42 Å². The van der Waals surface area contributed by atoms with E-state index in [0.29, 0.717) is 11.3 Å². The summed E-state index contributed by atoms with van der Waals surface area (Å²) in [5.41, 5.74) is 7.29. The van der Waals surface area contributed by atoms with E-state index in [1.54, 1.807) is 12.1 Å². The van der Waals surface area contributed by atoms with Gasteiger partial charge >= 0.3 is 0 Å². The summed E-state index contributed by atoms with van der Waals surface area (Å²) in [7, 11) is -2.24. The number of hydrogen-bond acceptors (Lipinski definition) is 3. The van der Waals surface area contributed by atoms with Crippen molar-refractivity contribution >= 4 is 33.1 Å². The number of hydrogen-bond donors (Lipinski definition) is 3. The lowest BCUT2D eigenvalue weighted by Crippen LogP contribution is -2.28. The Morgan fingerprint density at radius 2 is 2.06 bits per heavy atom. The minimum absolute atomic E-state index is 0.159. The summed E-state index contributed by atoms with van der Waals surface area (Å²) < 4.78 is 27.2. The molecule has 16 heavy (non-hydrogen) atoms. The van der Waals surface area contributed by atoms with E-state index < -0.39 is 10.2 Å². The standard InChI is InChI=1S/C9H13N3O2S2/c1-6-4-3-5-7(8(6)9(10)15)12-16(13,14)11-2/h3-5,11-12H,1-2H3,(H2,10,15). The molecule has 0 spiro atoms. The van der Waals surface area contributed by atoms with Gasteiger partial charge in [-0.25, -0.2) is 4.72 Å². The number of nitrogens with two attached hydrogens (primary N) is 1. The van der Waals surface area contributed by atoms with E-state index in [1.165, 1.54) is 7.05 Å². The van der Waals surface area contributed by atoms with Crippen LogP contribution in [0.2, 0.25) is 0 Å². The summed E-state index contributed by atoms with van der Waals surface area (Å²) in [6, 6.07) is 5.15. The molecule has 0 fully saturated rings. The van der Waals surface area contributed by atoms with E-state index in [9.17, 15) is 8.42 Å². The molecule has 88 valence electrons. The fourth-order valence-electron chi connectivity index (χ4n) is 1.28. The largest absolute Gasteiger partial charge is 0.389 e. The quantitative estimate of drug-likeness (QED) is 0.688. The SMILES string of the molecule is CNS(=O)(=O)Nc1cccc(C)c1C(N)=S. The molecule has 0 heterocycles. The molecule has 0 saturated heterocycles. The van der Waals surface area contributed by atoms with Crippen molar-refractivity contribution in [3.63, 3.8) is 0 Å². The second kappa shape index (κ2) is 4.77. The summed E-state index contributed by atoms with van der Waals surface area (Å²) in [6.45, 7) is 1.81. The fourth-order valence-corrected chi connectivity index (χ4v) is 2.11. The Balaban J connectivity index is 3.25. The Bertz CT molecular complexity index is 511. The average molecular weight is 259 g/mol. The van der Waals surface area contributed by atoms with Crippen molar-refractivity contribution in [2.45, 2.75) is 6.92 Å². The molecule has 7 heteroatoms. The summed E-state index contributed by atoms with van der Waals surface area (Å²) in [5.74, 6) is 0. The first kappa shape index (κ1) is 12.9. The zero-order chi connectivity index (χ0) is 12.3. The highest BCUT2D eigenvalue weighted by Crippen LogP contribution is 2.20. The number of benzene rings is 1. The Morgan fingerprint density at radius 3 is 2.56 bits per heavy atom. The van der Waals surface area contributed by atoms with Crippen LogP contribution < -0.4 is 15.2 Å². The Morgan fingerprint density at radius 1 is 1.44 bits per heavy atom. The summed E-state index contributed by atoms with van der Waals surface area (Å²) in [4.78, 5) is 0.159. The Hall–Kier alpha value is -1.18. The molecular formula is C9H13N3O2S2. The highest BCUT2D eigenvalue weighted by atomic mass is 32.2. The van der Waals surface area contributed by atoms with Gasteiger partial charge in [-0.1, -0.05) is 24.4 Å². The Labute approximate surface area is 100 Å². The first-order valence-corrected chi connectivity index (χ1v) is 6.37. The maximum atomic E-state index is 11.3. The van der Waals surface area contributed by atoms with Crippen molar-refractivity contribution in [1.82, 2.24) is 4.72 Å². The summed E-state index contributed by atoms with van der Waals surface area (Å²) >= 11 is 4.89. The third-order valence-corrected chi connectivity index (χ3v) is 3.26. The minimum atomic E-state index is -3.56. The van der Waals surface area contributed by atoms with Gasteiger partial charge in [-0.15, -0.1) is 0 Å². The molecule has 0 aliphatic heterocycles. The van der Waals surface area contributed by atoms with Gasteiger partial charge in [0.1, 0.15) is 4.99 Å². The van der Waals surface area contributed by atoms with Crippen LogP contribution in [0.3, 0.4) is 0 Å². The fraction of sp³-hybridized carbons (Fsp3) is 0.222. The lowest BCUT2D eigenvalue weighted by atomic mass is 10.1. The molecule has 0 atom stereocenters. The third kappa shape index (κ3) is 2.91. The number of anilines is 1. The second-order valence-corrected chi connectivity index (χ2v) is 5.23. The van der Waals surface area contributed by atoms with Crippen LogP contribution in [0, 0.1) is 6.92 Å². The van der Waals surface area contributed by atoms with Crippen molar-refractivity contribution in [2.24, 2.45) is 5.73 Å². The van der Waals surface area contributed by atoms with E-state index in [2.05, 4.69) is 9.44 Å². The Kier molecular flexibility index (Phi) is 3.84. The van der Waals surface area contributed by atoms with Crippen molar-refractivity contribution in [1.29, 1.82) is 0 Å². The number of nitrogens with one attached hydrogen (secondary N) is 2. The maximum Gasteiger partial charge on any atom is 0.298 e. The zero-order valence-corrected chi connectivity index (χ0v) is 10.6. The van der Waals surface area contributed by atoms with Gasteiger partial charge < -0.3 is 5.73 Å². The smallest absolute Gasteiger partial charge is 0.298 e. The van der Waals surface area contributed by atoms with E-state index in [1.807, 2.05) is 13.0 Å². The molecule has 1 aromatic carbocycles. The highest BCUT2D eigenvalue weighted by Gasteiger charge is 2.13. The van der Waals surface area contributed by atoms with Crippen LogP contribution in [0.15, 0.2) is 18.2 Å². The van der Waals surface area contributed by atoms with Gasteiger partial charge in [-0.05, 0) is 18.6 Å². The highest BCUT2D eigenvalue weighted by molar-refractivity contribution is 7.90. The molecule has 0 unspecified atom stereocenters. The molecule has 0 aliphatic carbocycles. The van der Waals surface area contributed by atoms with Crippen LogP contribution in [0.5, 0.6) is 0 Å². The van der Waals surface area contributed by atoms with Gasteiger partial charge in [0.15, 0.2) is 0 Å². The third-order valence-electron chi connectivity index (χ3n) is 2.03. The molecule has 0 bridgehead atoms. The van der Waals surface area contributed by atoms with Gasteiger partial charge in [0.2, 0.25) is 0 Å². The molecule has 1 aromatic rings. The van der Waals surface area contributed by atoms with Crippen LogP contribution in [0.4, 0.5) is 5.69 Å². The second-order valence-electron chi connectivity index (χ2n) is 3.17. The van der Waals surface area contributed by atoms with Gasteiger partial charge in [-0.3, -0.25) is 4.72 Å². The lowest BCUT2D eigenvalue weighted by molar-refractivity contribution is 0.593. The molecule has 0 aliphatic rings. The monoisotopic (exact) mass is 259 g/mol. The van der Waals surface area contributed by atoms with Crippen molar-refractivity contribution in [3.05, 3.63) is 29.3 Å². The molecule has 0 aromatic heterocycles. The van der Waals surface area contributed by atoms with Gasteiger partial charge in [0.05, 0.1) is 5.69 Å². The maximum absolute atomic E-state index is 11.3. The van der Waals surface area contributed by atoms with E-state index in [4.69, 9.17) is 18.0 Å². The van der Waals surface area contributed by atoms with E-state index >= 15 is 0 Å². The summed E-state index contributed by atoms with van der Waals surface area (Å²) in [5, 5.41) is 0. The first-order valence-electron chi connectivity index (χ1n) is 4.48. The van der Waals surface area contributed by atoms with Crippen LogP contribution in [0.25, 0.3) is 0 Å². The zero-order valence-electron chi connectivity index (χ0n) is 8.94. The normalized spacial score (nSPS) is 11.1. The average Bonchev–Trinajstić information content (AvgIpc) is 2.16. The van der Waals surface area contributed by atoms with Crippen LogP contribution in [0.1, 0.15) is 11.1 Å². The first-order chi connectivity index (χ1) is 7.37. The van der Waals surface area contributed by atoms with E-state index in [0.717, 1.165) is 5.56 Å². The molecule has 0 radical (unpaired) electrons. The molecule has 0 saturated carbocycles. The van der Waals surface area contributed by atoms with E-state index in [-0.39, 0.29) is 4.99 Å². The molecular weight excluding hydrogens is 246 g/mol. The van der Waals surface area contributed by atoms with Crippen LogP contribution in [-0.2, 0) is 10.2 Å². The molecule has 5 nitrogen and oxygen atoms in total. The van der Waals surface area contributed by atoms with Gasteiger partial charge in [0, 0.05) is 12.6 Å².